The van der Waals surface area contributed by atoms with Crippen molar-refractivity contribution in [3.63, 3.8) is 0 Å². The molecule has 7 nitrogen and oxygen atoms in total. The third kappa shape index (κ3) is 3.55. The first-order valence-electron chi connectivity index (χ1n) is 8.96. The molecule has 1 aliphatic heterocycles. The van der Waals surface area contributed by atoms with E-state index in [4.69, 9.17) is 4.74 Å². The van der Waals surface area contributed by atoms with Crippen molar-refractivity contribution >= 4 is 26.8 Å². The van der Waals surface area contributed by atoms with E-state index in [2.05, 4.69) is 15.1 Å². The molecule has 0 aliphatic carbocycles. The monoisotopic (exact) mass is 396 g/mol. The van der Waals surface area contributed by atoms with E-state index < -0.39 is 16.1 Å². The fraction of sp³-hybridized carbons (Fsp3) is 0.250. The topological polar surface area (TPSA) is 84.8 Å². The molecule has 0 bridgehead atoms. The average Bonchev–Trinajstić information content (AvgIpc) is 3.14. The molecule has 144 valence electrons. The van der Waals surface area contributed by atoms with Gasteiger partial charge in [-0.15, -0.1) is 0 Å². The lowest BCUT2D eigenvalue weighted by Gasteiger charge is -2.21. The van der Waals surface area contributed by atoms with E-state index in [0.717, 1.165) is 33.6 Å². The number of hydrazone groups is 1. The molecule has 2 aromatic carbocycles. The van der Waals surface area contributed by atoms with E-state index in [-0.39, 0.29) is 0 Å². The number of aromatic nitrogens is 2. The third-order valence-electron chi connectivity index (χ3n) is 4.59. The van der Waals surface area contributed by atoms with E-state index in [9.17, 15) is 8.42 Å². The lowest BCUT2D eigenvalue weighted by atomic mass is 9.98. The normalized spacial score (nSPS) is 17.0. The van der Waals surface area contributed by atoms with Gasteiger partial charge in [-0.25, -0.2) is 8.42 Å². The van der Waals surface area contributed by atoms with Gasteiger partial charge in [0.25, 0.3) is 0 Å². The summed E-state index contributed by atoms with van der Waals surface area (Å²) in [5.41, 5.74) is 3.92. The highest BCUT2D eigenvalue weighted by molar-refractivity contribution is 7.88. The molecular formula is C20H20N4O3S. The highest BCUT2D eigenvalue weighted by atomic mass is 32.2. The van der Waals surface area contributed by atoms with Gasteiger partial charge in [-0.1, -0.05) is 6.07 Å². The third-order valence-corrected chi connectivity index (χ3v) is 5.60. The van der Waals surface area contributed by atoms with Gasteiger partial charge in [0.2, 0.25) is 10.0 Å². The molecule has 0 saturated carbocycles. The first-order chi connectivity index (χ1) is 13.5. The quantitative estimate of drug-likeness (QED) is 0.661. The molecule has 3 aromatic rings. The van der Waals surface area contributed by atoms with E-state index in [1.807, 2.05) is 49.4 Å². The van der Waals surface area contributed by atoms with E-state index in [1.54, 1.807) is 12.4 Å². The van der Waals surface area contributed by atoms with Gasteiger partial charge in [-0.05, 0) is 54.4 Å². The maximum atomic E-state index is 12.4. The maximum Gasteiger partial charge on any atom is 0.247 e. The predicted molar refractivity (Wildman–Crippen MR) is 108 cm³/mol. The molecular weight excluding hydrogens is 376 g/mol. The van der Waals surface area contributed by atoms with Crippen LogP contribution in [-0.2, 0) is 10.0 Å². The molecule has 0 fully saturated rings. The number of hydrogen-bond donors (Lipinski definition) is 0. The summed E-state index contributed by atoms with van der Waals surface area (Å²) >= 11 is 0. The summed E-state index contributed by atoms with van der Waals surface area (Å²) in [6.45, 7) is 2.52. The molecule has 0 unspecified atom stereocenters. The van der Waals surface area contributed by atoms with Crippen LogP contribution in [0.15, 0.2) is 60.0 Å². The molecule has 1 atom stereocenters. The van der Waals surface area contributed by atoms with Crippen LogP contribution in [0.2, 0.25) is 0 Å². The van der Waals surface area contributed by atoms with E-state index in [0.29, 0.717) is 13.0 Å². The number of rotatable bonds is 5. The minimum absolute atomic E-state index is 0.414. The number of fused-ring (bicyclic) bond motifs is 1. The van der Waals surface area contributed by atoms with Crippen LogP contribution in [0.25, 0.3) is 11.0 Å². The zero-order chi connectivity index (χ0) is 19.7. The molecule has 0 saturated heterocycles. The summed E-state index contributed by atoms with van der Waals surface area (Å²) in [6, 6.07) is 12.7. The molecule has 0 amide bonds. The summed E-state index contributed by atoms with van der Waals surface area (Å²) in [5.74, 6) is 0.773. The predicted octanol–water partition coefficient (Wildman–Crippen LogP) is 3.14. The van der Waals surface area contributed by atoms with Crippen LogP contribution in [0.5, 0.6) is 5.75 Å². The second-order valence-corrected chi connectivity index (χ2v) is 8.40. The van der Waals surface area contributed by atoms with Crippen molar-refractivity contribution in [3.8, 4) is 5.75 Å². The fourth-order valence-corrected chi connectivity index (χ4v) is 4.22. The van der Waals surface area contributed by atoms with Gasteiger partial charge < -0.3 is 4.74 Å². The molecule has 28 heavy (non-hydrogen) atoms. The Morgan fingerprint density at radius 1 is 1.07 bits per heavy atom. The Bertz CT molecular complexity index is 1140. The summed E-state index contributed by atoms with van der Waals surface area (Å²) in [6.07, 6.45) is 4.91. The molecule has 0 spiro atoms. The highest BCUT2D eigenvalue weighted by Gasteiger charge is 2.34. The molecule has 0 radical (unpaired) electrons. The van der Waals surface area contributed by atoms with E-state index >= 15 is 0 Å². The van der Waals surface area contributed by atoms with Gasteiger partial charge in [0.15, 0.2) is 0 Å². The van der Waals surface area contributed by atoms with Gasteiger partial charge in [-0.2, -0.15) is 9.52 Å². The van der Waals surface area contributed by atoms with Crippen LogP contribution in [0, 0.1) is 0 Å². The number of hydrogen-bond acceptors (Lipinski definition) is 6. The average molecular weight is 396 g/mol. The molecule has 4 rings (SSSR count). The molecule has 8 heteroatoms. The summed E-state index contributed by atoms with van der Waals surface area (Å²) in [5, 5.41) is 4.43. The lowest BCUT2D eigenvalue weighted by molar-refractivity contribution is 0.340. The van der Waals surface area contributed by atoms with Crippen LogP contribution in [0.3, 0.4) is 0 Å². The summed E-state index contributed by atoms with van der Waals surface area (Å²) < 4.78 is 31.4. The standard InChI is InChI=1S/C20H20N4O3S/c1-3-27-16-7-4-14(5-8-16)18-13-20(24(23-18)28(2,25)26)15-6-9-17-19(12-15)22-11-10-21-17/h4-12,20H,3,13H2,1-2H3/t20-/m0/s1. The van der Waals surface area contributed by atoms with Crippen LogP contribution >= 0.6 is 0 Å². The zero-order valence-electron chi connectivity index (χ0n) is 15.6. The Morgan fingerprint density at radius 3 is 2.46 bits per heavy atom. The fourth-order valence-electron chi connectivity index (χ4n) is 3.31. The van der Waals surface area contributed by atoms with Crippen molar-refractivity contribution < 1.29 is 13.2 Å². The van der Waals surface area contributed by atoms with Crippen LogP contribution in [-0.4, -0.2) is 41.4 Å². The molecule has 0 N–H and O–H groups in total. The number of nitrogens with zero attached hydrogens (tertiary/aromatic N) is 4. The van der Waals surface area contributed by atoms with Crippen LogP contribution in [0.1, 0.15) is 30.5 Å². The minimum Gasteiger partial charge on any atom is -0.494 e. The summed E-state index contributed by atoms with van der Waals surface area (Å²) in [7, 11) is -3.53. The second kappa shape index (κ2) is 7.20. The van der Waals surface area contributed by atoms with Crippen molar-refractivity contribution in [1.29, 1.82) is 0 Å². The maximum absolute atomic E-state index is 12.4. The Balaban J connectivity index is 1.70. The number of ether oxygens (including phenoxy) is 1. The highest BCUT2D eigenvalue weighted by Crippen LogP contribution is 2.35. The Kier molecular flexibility index (Phi) is 4.72. The second-order valence-electron chi connectivity index (χ2n) is 6.56. The van der Waals surface area contributed by atoms with Gasteiger partial charge in [0.1, 0.15) is 5.75 Å². The minimum atomic E-state index is -3.53. The Morgan fingerprint density at radius 2 is 1.79 bits per heavy atom. The first-order valence-corrected chi connectivity index (χ1v) is 10.8. The largest absolute Gasteiger partial charge is 0.494 e. The SMILES string of the molecule is CCOc1ccc(C2=NN(S(C)(=O)=O)[C@H](c3ccc4nccnc4c3)C2)cc1. The number of benzene rings is 2. The van der Waals surface area contributed by atoms with Crippen molar-refractivity contribution in [2.75, 3.05) is 12.9 Å². The van der Waals surface area contributed by atoms with Crippen LogP contribution in [0.4, 0.5) is 0 Å². The van der Waals surface area contributed by atoms with Gasteiger partial charge in [-0.3, -0.25) is 9.97 Å². The van der Waals surface area contributed by atoms with Crippen molar-refractivity contribution in [3.05, 3.63) is 66.0 Å². The summed E-state index contributed by atoms with van der Waals surface area (Å²) in [4.78, 5) is 8.59. The molecule has 2 heterocycles. The van der Waals surface area contributed by atoms with E-state index in [1.165, 1.54) is 10.7 Å². The molecule has 1 aromatic heterocycles. The molecule has 1 aliphatic rings. The van der Waals surface area contributed by atoms with Crippen LogP contribution < -0.4 is 4.74 Å². The van der Waals surface area contributed by atoms with Gasteiger partial charge in [0, 0.05) is 18.8 Å². The Labute approximate surface area is 163 Å². The number of sulfonamides is 1. The van der Waals surface area contributed by atoms with Crippen molar-refractivity contribution in [2.24, 2.45) is 5.10 Å². The van der Waals surface area contributed by atoms with Gasteiger partial charge in [0.05, 0.1) is 35.6 Å². The first kappa shape index (κ1) is 18.4. The Hall–Kier alpha value is -3.00. The zero-order valence-corrected chi connectivity index (χ0v) is 16.4. The van der Waals surface area contributed by atoms with Crippen molar-refractivity contribution in [1.82, 2.24) is 14.4 Å². The lowest BCUT2D eigenvalue weighted by Crippen LogP contribution is -2.25. The van der Waals surface area contributed by atoms with Gasteiger partial charge >= 0.3 is 0 Å². The smallest absolute Gasteiger partial charge is 0.247 e. The van der Waals surface area contributed by atoms with Crippen molar-refractivity contribution in [2.45, 2.75) is 19.4 Å².